The van der Waals surface area contributed by atoms with Crippen molar-refractivity contribution in [2.45, 2.75) is 13.3 Å². The van der Waals surface area contributed by atoms with E-state index >= 15 is 0 Å². The average molecular weight is 396 g/mol. The van der Waals surface area contributed by atoms with E-state index in [0.29, 0.717) is 13.2 Å². The van der Waals surface area contributed by atoms with Crippen molar-refractivity contribution in [1.82, 2.24) is 15.5 Å². The molecule has 1 aliphatic heterocycles. The Kier molecular flexibility index (Phi) is 8.37. The lowest BCUT2D eigenvalue weighted by Crippen LogP contribution is -2.41. The van der Waals surface area contributed by atoms with E-state index < -0.39 is 10.8 Å². The Hall–Kier alpha value is -2.30. The normalized spacial score (nSPS) is 14.4. The standard InChI is InChI=1S/C17H24N4O5S/c1-2-26-15-5-4-13(12-14(15)21(23)24)16(22)19-17(27)18-6-3-7-20-8-10-25-11-9-20/h4-5,12H,2-3,6-11H2,1H3,(H2,18,19,22,27). The summed E-state index contributed by atoms with van der Waals surface area (Å²) in [5.41, 5.74) is -0.114. The highest BCUT2D eigenvalue weighted by molar-refractivity contribution is 7.80. The minimum atomic E-state index is -0.579. The molecular formula is C17H24N4O5S. The van der Waals surface area contributed by atoms with Gasteiger partial charge in [-0.05, 0) is 44.2 Å². The van der Waals surface area contributed by atoms with E-state index in [1.807, 2.05) is 0 Å². The van der Waals surface area contributed by atoms with E-state index in [2.05, 4.69) is 15.5 Å². The van der Waals surface area contributed by atoms with Crippen LogP contribution in [0, 0.1) is 10.1 Å². The number of thiocarbonyl (C=S) groups is 1. The second-order valence-corrected chi connectivity index (χ2v) is 6.30. The molecule has 1 aromatic rings. The van der Waals surface area contributed by atoms with Crippen molar-refractivity contribution in [3.8, 4) is 5.75 Å². The topological polar surface area (TPSA) is 106 Å². The first-order valence-electron chi connectivity index (χ1n) is 8.81. The van der Waals surface area contributed by atoms with Crippen LogP contribution in [-0.4, -0.2) is 66.8 Å². The summed E-state index contributed by atoms with van der Waals surface area (Å²) in [6, 6.07) is 4.06. The molecule has 1 fully saturated rings. The molecule has 1 amide bonds. The smallest absolute Gasteiger partial charge is 0.311 e. The van der Waals surface area contributed by atoms with Crippen molar-refractivity contribution in [2.24, 2.45) is 0 Å². The summed E-state index contributed by atoms with van der Waals surface area (Å²) >= 11 is 5.12. The maximum Gasteiger partial charge on any atom is 0.311 e. The van der Waals surface area contributed by atoms with Crippen LogP contribution in [0.25, 0.3) is 0 Å². The van der Waals surface area contributed by atoms with Crippen molar-refractivity contribution >= 4 is 28.9 Å². The fourth-order valence-electron chi connectivity index (χ4n) is 2.63. The van der Waals surface area contributed by atoms with Crippen LogP contribution in [0.2, 0.25) is 0 Å². The zero-order valence-corrected chi connectivity index (χ0v) is 16.0. The molecule has 1 aliphatic rings. The molecule has 0 bridgehead atoms. The summed E-state index contributed by atoms with van der Waals surface area (Å²) in [4.78, 5) is 25.1. The van der Waals surface area contributed by atoms with Crippen molar-refractivity contribution < 1.29 is 19.2 Å². The van der Waals surface area contributed by atoms with Crippen LogP contribution in [0.3, 0.4) is 0 Å². The van der Waals surface area contributed by atoms with Gasteiger partial charge in [0.1, 0.15) is 0 Å². The van der Waals surface area contributed by atoms with Crippen molar-refractivity contribution in [1.29, 1.82) is 0 Å². The number of amides is 1. The largest absolute Gasteiger partial charge is 0.487 e. The van der Waals surface area contributed by atoms with Crippen LogP contribution >= 0.6 is 12.2 Å². The van der Waals surface area contributed by atoms with Crippen molar-refractivity contribution in [3.05, 3.63) is 33.9 Å². The van der Waals surface area contributed by atoms with Gasteiger partial charge in [-0.15, -0.1) is 0 Å². The molecule has 2 rings (SSSR count). The number of nitrogens with zero attached hydrogens (tertiary/aromatic N) is 2. The van der Waals surface area contributed by atoms with Gasteiger partial charge in [-0.3, -0.25) is 25.1 Å². The van der Waals surface area contributed by atoms with E-state index in [1.54, 1.807) is 6.92 Å². The summed E-state index contributed by atoms with van der Waals surface area (Å²) < 4.78 is 10.5. The van der Waals surface area contributed by atoms with Gasteiger partial charge in [0, 0.05) is 31.3 Å². The van der Waals surface area contributed by atoms with Crippen LogP contribution in [0.5, 0.6) is 5.75 Å². The van der Waals surface area contributed by atoms with Crippen LogP contribution in [0.1, 0.15) is 23.7 Å². The van der Waals surface area contributed by atoms with Gasteiger partial charge in [0.25, 0.3) is 5.91 Å². The molecule has 0 unspecified atom stereocenters. The van der Waals surface area contributed by atoms with E-state index in [0.717, 1.165) is 39.3 Å². The Morgan fingerprint density at radius 2 is 2.15 bits per heavy atom. The van der Waals surface area contributed by atoms with Gasteiger partial charge in [-0.25, -0.2) is 0 Å². The van der Waals surface area contributed by atoms with Gasteiger partial charge in [-0.2, -0.15) is 0 Å². The third-order valence-corrected chi connectivity index (χ3v) is 4.23. The second kappa shape index (κ2) is 10.8. The molecular weight excluding hydrogens is 372 g/mol. The number of carbonyl (C=O) groups is 1. The number of hydrogen-bond acceptors (Lipinski definition) is 7. The highest BCUT2D eigenvalue weighted by atomic mass is 32.1. The maximum absolute atomic E-state index is 12.3. The number of carbonyl (C=O) groups excluding carboxylic acids is 1. The molecule has 2 N–H and O–H groups in total. The first kappa shape index (κ1) is 21.0. The number of morpholine rings is 1. The minimum absolute atomic E-state index is 0.128. The number of ether oxygens (including phenoxy) is 2. The lowest BCUT2D eigenvalue weighted by atomic mass is 10.1. The molecule has 1 saturated heterocycles. The molecule has 1 heterocycles. The molecule has 0 aromatic heterocycles. The molecule has 1 aromatic carbocycles. The van der Waals surface area contributed by atoms with E-state index in [-0.39, 0.29) is 22.1 Å². The fraction of sp³-hybridized carbons (Fsp3) is 0.529. The molecule has 27 heavy (non-hydrogen) atoms. The summed E-state index contributed by atoms with van der Waals surface area (Å²) in [6.45, 7) is 6.96. The van der Waals surface area contributed by atoms with Gasteiger partial charge in [0.05, 0.1) is 24.7 Å². The third kappa shape index (κ3) is 6.74. The fourth-order valence-corrected chi connectivity index (χ4v) is 2.82. The predicted molar refractivity (Wildman–Crippen MR) is 104 cm³/mol. The molecule has 0 radical (unpaired) electrons. The molecule has 148 valence electrons. The summed E-state index contributed by atoms with van der Waals surface area (Å²) in [6.07, 6.45) is 0.879. The Morgan fingerprint density at radius 3 is 2.81 bits per heavy atom. The highest BCUT2D eigenvalue weighted by Crippen LogP contribution is 2.27. The monoisotopic (exact) mass is 396 g/mol. The van der Waals surface area contributed by atoms with Gasteiger partial charge in [0.15, 0.2) is 10.9 Å². The average Bonchev–Trinajstić information content (AvgIpc) is 2.66. The van der Waals surface area contributed by atoms with Crippen LogP contribution in [-0.2, 0) is 4.74 Å². The molecule has 0 aliphatic carbocycles. The molecule has 9 nitrogen and oxygen atoms in total. The Morgan fingerprint density at radius 1 is 1.41 bits per heavy atom. The second-order valence-electron chi connectivity index (χ2n) is 5.89. The zero-order valence-electron chi connectivity index (χ0n) is 15.2. The lowest BCUT2D eigenvalue weighted by molar-refractivity contribution is -0.385. The van der Waals surface area contributed by atoms with Gasteiger partial charge in [0.2, 0.25) is 0 Å². The van der Waals surface area contributed by atoms with Gasteiger partial charge >= 0.3 is 5.69 Å². The lowest BCUT2D eigenvalue weighted by Gasteiger charge is -2.26. The third-order valence-electron chi connectivity index (χ3n) is 3.99. The van der Waals surface area contributed by atoms with E-state index in [9.17, 15) is 14.9 Å². The van der Waals surface area contributed by atoms with E-state index in [1.165, 1.54) is 18.2 Å². The van der Waals surface area contributed by atoms with Crippen LogP contribution < -0.4 is 15.4 Å². The molecule has 0 saturated carbocycles. The maximum atomic E-state index is 12.3. The zero-order chi connectivity index (χ0) is 19.6. The highest BCUT2D eigenvalue weighted by Gasteiger charge is 2.19. The Labute approximate surface area is 163 Å². The predicted octanol–water partition coefficient (Wildman–Crippen LogP) is 1.32. The number of nitro benzene ring substituents is 1. The number of benzene rings is 1. The Bertz CT molecular complexity index is 679. The quantitative estimate of drug-likeness (QED) is 0.293. The number of hydrogen-bond donors (Lipinski definition) is 2. The molecule has 0 atom stereocenters. The Balaban J connectivity index is 1.80. The van der Waals surface area contributed by atoms with Crippen molar-refractivity contribution in [3.63, 3.8) is 0 Å². The number of nitro groups is 1. The first-order chi connectivity index (χ1) is 13.0. The van der Waals surface area contributed by atoms with Crippen LogP contribution in [0.4, 0.5) is 5.69 Å². The van der Waals surface area contributed by atoms with E-state index in [4.69, 9.17) is 21.7 Å². The SMILES string of the molecule is CCOc1ccc(C(=O)NC(=S)NCCCN2CCOCC2)cc1[N+](=O)[O-]. The first-order valence-corrected chi connectivity index (χ1v) is 9.22. The summed E-state index contributed by atoms with van der Waals surface area (Å²) in [7, 11) is 0. The molecule has 10 heteroatoms. The van der Waals surface area contributed by atoms with Crippen LogP contribution in [0.15, 0.2) is 18.2 Å². The number of rotatable bonds is 8. The molecule has 0 spiro atoms. The van der Waals surface area contributed by atoms with Crippen molar-refractivity contribution in [2.75, 3.05) is 46.0 Å². The van der Waals surface area contributed by atoms with Gasteiger partial charge in [-0.1, -0.05) is 0 Å². The number of nitrogens with one attached hydrogen (secondary N) is 2. The minimum Gasteiger partial charge on any atom is -0.487 e. The van der Waals surface area contributed by atoms with Gasteiger partial charge < -0.3 is 14.8 Å². The summed E-state index contributed by atoms with van der Waals surface area (Å²) in [5.74, 6) is -0.380. The summed E-state index contributed by atoms with van der Waals surface area (Å²) in [5, 5.41) is 16.8.